The molecule has 0 spiro atoms. The molecule has 0 bridgehead atoms. The van der Waals surface area contributed by atoms with E-state index in [-0.39, 0.29) is 0 Å². The Morgan fingerprint density at radius 2 is 1.73 bits per heavy atom. The Bertz CT molecular complexity index is 1070. The van der Waals surface area contributed by atoms with E-state index in [0.29, 0.717) is 11.4 Å². The molecule has 3 aromatic rings. The van der Waals surface area contributed by atoms with Gasteiger partial charge in [-0.25, -0.2) is 0 Å². The van der Waals surface area contributed by atoms with Crippen molar-refractivity contribution in [1.29, 1.82) is 0 Å². The monoisotopic (exact) mass is 357 g/mol. The van der Waals surface area contributed by atoms with Gasteiger partial charge in [0.2, 0.25) is 0 Å². The standard InChI is InChI=1S/C21H18F3NO/c1-4-18-20(17-7-5-6-8-19(17)26-18)13(2)14(3)25-16-11-9-15(10-12-16)21(22,23)24/h4-12,25H,3H2,1-2H3/b18-4+,20-13-. The molecule has 0 atom stereocenters. The fourth-order valence-electron chi connectivity index (χ4n) is 2.82. The Labute approximate surface area is 148 Å². The molecule has 134 valence electrons. The van der Waals surface area contributed by atoms with E-state index in [4.69, 9.17) is 4.42 Å². The van der Waals surface area contributed by atoms with E-state index in [9.17, 15) is 13.2 Å². The summed E-state index contributed by atoms with van der Waals surface area (Å²) in [4.78, 5) is 0. The van der Waals surface area contributed by atoms with Gasteiger partial charge >= 0.3 is 6.18 Å². The van der Waals surface area contributed by atoms with E-state index >= 15 is 0 Å². The highest BCUT2D eigenvalue weighted by Crippen LogP contribution is 2.30. The van der Waals surface area contributed by atoms with Crippen molar-refractivity contribution in [3.05, 3.63) is 77.0 Å². The summed E-state index contributed by atoms with van der Waals surface area (Å²) in [6, 6.07) is 12.6. The molecule has 3 rings (SSSR count). The number of hydrogen-bond acceptors (Lipinski definition) is 2. The second-order valence-corrected chi connectivity index (χ2v) is 5.93. The molecule has 1 N–H and O–H groups in total. The minimum absolute atomic E-state index is 0.539. The third-order valence-corrected chi connectivity index (χ3v) is 4.22. The molecule has 0 unspecified atom stereocenters. The summed E-state index contributed by atoms with van der Waals surface area (Å²) in [5.74, 6) is 0. The van der Waals surface area contributed by atoms with Gasteiger partial charge in [-0.2, -0.15) is 13.2 Å². The van der Waals surface area contributed by atoms with Crippen molar-refractivity contribution in [2.45, 2.75) is 20.0 Å². The molecule has 0 saturated heterocycles. The first kappa shape index (κ1) is 17.9. The summed E-state index contributed by atoms with van der Waals surface area (Å²) in [6.45, 7) is 7.83. The van der Waals surface area contributed by atoms with Crippen molar-refractivity contribution >= 4 is 28.3 Å². The van der Waals surface area contributed by atoms with Gasteiger partial charge in [0.05, 0.1) is 5.56 Å². The fraction of sp³-hybridized carbons (Fsp3) is 0.143. The average Bonchev–Trinajstić information content (AvgIpc) is 2.99. The first-order valence-corrected chi connectivity index (χ1v) is 8.09. The number of furan rings is 1. The van der Waals surface area contributed by atoms with Crippen LogP contribution in [-0.4, -0.2) is 0 Å². The maximum Gasteiger partial charge on any atom is 0.416 e. The summed E-state index contributed by atoms with van der Waals surface area (Å²) in [5, 5.41) is 4.96. The fourth-order valence-corrected chi connectivity index (χ4v) is 2.82. The molecule has 0 fully saturated rings. The summed E-state index contributed by atoms with van der Waals surface area (Å²) in [5.41, 5.74) is 2.83. The quantitative estimate of drug-likeness (QED) is 0.710. The molecule has 0 radical (unpaired) electrons. The number of anilines is 1. The number of halogens is 3. The van der Waals surface area contributed by atoms with Crippen LogP contribution in [0.25, 0.3) is 22.6 Å². The second kappa shape index (κ2) is 6.75. The molecule has 1 aromatic heterocycles. The molecule has 2 aromatic carbocycles. The third kappa shape index (κ3) is 3.38. The van der Waals surface area contributed by atoms with Crippen molar-refractivity contribution in [2.75, 3.05) is 5.32 Å². The number of alkyl halides is 3. The first-order valence-electron chi connectivity index (χ1n) is 8.09. The highest BCUT2D eigenvalue weighted by atomic mass is 19.4. The number of hydrogen-bond donors (Lipinski definition) is 1. The van der Waals surface area contributed by atoms with Gasteiger partial charge in [0, 0.05) is 22.0 Å². The topological polar surface area (TPSA) is 25.2 Å². The van der Waals surface area contributed by atoms with Crippen LogP contribution in [-0.2, 0) is 6.18 Å². The van der Waals surface area contributed by atoms with Crippen LogP contribution in [0, 0.1) is 0 Å². The van der Waals surface area contributed by atoms with Gasteiger partial charge in [-0.15, -0.1) is 0 Å². The molecule has 0 aliphatic rings. The van der Waals surface area contributed by atoms with Crippen LogP contribution in [0.5, 0.6) is 0 Å². The van der Waals surface area contributed by atoms with Crippen molar-refractivity contribution in [1.82, 2.24) is 0 Å². The molecule has 0 aliphatic heterocycles. The number of rotatable bonds is 3. The summed E-state index contributed by atoms with van der Waals surface area (Å²) < 4.78 is 43.9. The van der Waals surface area contributed by atoms with E-state index in [1.807, 2.05) is 44.2 Å². The van der Waals surface area contributed by atoms with E-state index < -0.39 is 11.7 Å². The van der Waals surface area contributed by atoms with Crippen LogP contribution < -0.4 is 16.0 Å². The minimum atomic E-state index is -4.35. The van der Waals surface area contributed by atoms with E-state index in [1.54, 1.807) is 0 Å². The smallest absolute Gasteiger partial charge is 0.416 e. The van der Waals surface area contributed by atoms with Crippen LogP contribution in [0.3, 0.4) is 0 Å². The molecule has 0 aliphatic carbocycles. The number of allylic oxidation sites excluding steroid dienone is 1. The molecule has 26 heavy (non-hydrogen) atoms. The van der Waals surface area contributed by atoms with Crippen LogP contribution in [0.2, 0.25) is 0 Å². The highest BCUT2D eigenvalue weighted by Gasteiger charge is 2.29. The Kier molecular flexibility index (Phi) is 4.64. The molecule has 2 nitrogen and oxygen atoms in total. The maximum atomic E-state index is 12.7. The van der Waals surface area contributed by atoms with Crippen LogP contribution in [0.15, 0.2) is 65.2 Å². The number of nitrogens with one attached hydrogen (secondary N) is 1. The molecular weight excluding hydrogens is 339 g/mol. The predicted molar refractivity (Wildman–Crippen MR) is 98.9 cm³/mol. The largest absolute Gasteiger partial charge is 0.456 e. The van der Waals surface area contributed by atoms with Crippen LogP contribution >= 0.6 is 0 Å². The maximum absolute atomic E-state index is 12.7. The lowest BCUT2D eigenvalue weighted by molar-refractivity contribution is -0.137. The molecular formula is C21H18F3NO. The summed E-state index contributed by atoms with van der Waals surface area (Å²) in [6.07, 6.45) is -2.47. The SMILES string of the molecule is C=C(Nc1ccc(C(F)(F)F)cc1)/C(C)=c1\c(=C/C)oc2ccccc12. The zero-order chi connectivity index (χ0) is 18.9. The van der Waals surface area contributed by atoms with E-state index in [2.05, 4.69) is 11.9 Å². The number of para-hydroxylation sites is 1. The van der Waals surface area contributed by atoms with Crippen molar-refractivity contribution < 1.29 is 17.6 Å². The van der Waals surface area contributed by atoms with Crippen LogP contribution in [0.1, 0.15) is 19.4 Å². The lowest BCUT2D eigenvalue weighted by Crippen LogP contribution is -2.23. The van der Waals surface area contributed by atoms with Crippen molar-refractivity contribution in [3.8, 4) is 0 Å². The lowest BCUT2D eigenvalue weighted by Gasteiger charge is -2.12. The third-order valence-electron chi connectivity index (χ3n) is 4.22. The van der Waals surface area contributed by atoms with Crippen molar-refractivity contribution in [3.63, 3.8) is 0 Å². The molecule has 0 saturated carbocycles. The van der Waals surface area contributed by atoms with Gasteiger partial charge in [-0.05, 0) is 55.8 Å². The van der Waals surface area contributed by atoms with Crippen LogP contribution in [0.4, 0.5) is 18.9 Å². The van der Waals surface area contributed by atoms with Crippen molar-refractivity contribution in [2.24, 2.45) is 0 Å². The Morgan fingerprint density at radius 3 is 2.35 bits per heavy atom. The molecule has 0 amide bonds. The Balaban J connectivity index is 2.00. The van der Waals surface area contributed by atoms with Gasteiger partial charge < -0.3 is 9.73 Å². The highest BCUT2D eigenvalue weighted by molar-refractivity contribution is 5.83. The summed E-state index contributed by atoms with van der Waals surface area (Å²) in [7, 11) is 0. The normalized spacial score (nSPS) is 13.8. The Morgan fingerprint density at radius 1 is 1.08 bits per heavy atom. The number of fused-ring (bicyclic) bond motifs is 1. The van der Waals surface area contributed by atoms with Gasteiger partial charge in [0.1, 0.15) is 11.0 Å². The minimum Gasteiger partial charge on any atom is -0.456 e. The van der Waals surface area contributed by atoms with Gasteiger partial charge in [0.15, 0.2) is 0 Å². The predicted octanol–water partition coefficient (Wildman–Crippen LogP) is 5.05. The van der Waals surface area contributed by atoms with Gasteiger partial charge in [-0.3, -0.25) is 0 Å². The molecule has 5 heteroatoms. The zero-order valence-electron chi connectivity index (χ0n) is 14.4. The average molecular weight is 357 g/mol. The first-order chi connectivity index (χ1) is 12.3. The van der Waals surface area contributed by atoms with E-state index in [1.165, 1.54) is 12.1 Å². The second-order valence-electron chi connectivity index (χ2n) is 5.93. The van der Waals surface area contributed by atoms with E-state index in [0.717, 1.165) is 39.3 Å². The van der Waals surface area contributed by atoms with Gasteiger partial charge in [0.25, 0.3) is 0 Å². The molecule has 1 heterocycles. The van der Waals surface area contributed by atoms with Gasteiger partial charge in [-0.1, -0.05) is 24.8 Å². The zero-order valence-corrected chi connectivity index (χ0v) is 14.4. The lowest BCUT2D eigenvalue weighted by atomic mass is 10.1. The number of benzene rings is 2. The summed E-state index contributed by atoms with van der Waals surface area (Å²) >= 11 is 0. The Hall–Kier alpha value is -2.95.